The Kier molecular flexibility index (Phi) is 4.20. The van der Waals surface area contributed by atoms with Gasteiger partial charge < -0.3 is 4.90 Å². The number of benzene rings is 1. The summed E-state index contributed by atoms with van der Waals surface area (Å²) in [5.41, 5.74) is -5.21. The molecule has 0 aliphatic carbocycles. The molecule has 8 heteroatoms. The molecule has 1 fully saturated rings. The van der Waals surface area contributed by atoms with Gasteiger partial charge in [0.05, 0.1) is 10.6 Å². The van der Waals surface area contributed by atoms with Crippen LogP contribution in [-0.2, 0) is 9.84 Å². The molecule has 1 aromatic rings. The molecule has 0 amide bonds. The van der Waals surface area contributed by atoms with Gasteiger partial charge in [-0.1, -0.05) is 12.1 Å². The van der Waals surface area contributed by atoms with Gasteiger partial charge in [-0.15, -0.1) is 11.6 Å². The topological polar surface area (TPSA) is 37.4 Å². The van der Waals surface area contributed by atoms with Crippen LogP contribution in [0.3, 0.4) is 0 Å². The van der Waals surface area contributed by atoms with E-state index in [-0.39, 0.29) is 11.1 Å². The Bertz CT molecular complexity index is 581. The molecule has 1 aliphatic heterocycles. The number of piperidine rings is 1. The summed E-state index contributed by atoms with van der Waals surface area (Å²) >= 11 is 5.95. The van der Waals surface area contributed by atoms with E-state index in [4.69, 9.17) is 11.6 Å². The van der Waals surface area contributed by atoms with Crippen molar-refractivity contribution in [2.75, 3.05) is 18.0 Å². The van der Waals surface area contributed by atoms with Crippen molar-refractivity contribution in [3.63, 3.8) is 0 Å². The van der Waals surface area contributed by atoms with Gasteiger partial charge in [-0.25, -0.2) is 8.42 Å². The molecular formula is C12H13ClF3NO2S. The lowest BCUT2D eigenvalue weighted by atomic mass is 10.1. The first-order chi connectivity index (χ1) is 9.23. The summed E-state index contributed by atoms with van der Waals surface area (Å²) in [5.74, 6) is 0. The third kappa shape index (κ3) is 2.88. The Labute approximate surface area is 120 Å². The van der Waals surface area contributed by atoms with Crippen molar-refractivity contribution in [2.45, 2.75) is 28.6 Å². The summed E-state index contributed by atoms with van der Waals surface area (Å²) in [4.78, 5) is 0.942. The Morgan fingerprint density at radius 3 is 2.25 bits per heavy atom. The maximum absolute atomic E-state index is 12.7. The van der Waals surface area contributed by atoms with Crippen LogP contribution in [0.4, 0.5) is 18.9 Å². The molecule has 112 valence electrons. The van der Waals surface area contributed by atoms with Gasteiger partial charge in [0.2, 0.25) is 0 Å². The maximum atomic E-state index is 12.7. The smallest absolute Gasteiger partial charge is 0.370 e. The monoisotopic (exact) mass is 327 g/mol. The minimum Gasteiger partial charge on any atom is -0.370 e. The highest BCUT2D eigenvalue weighted by Gasteiger charge is 2.48. The molecule has 3 nitrogen and oxygen atoms in total. The number of alkyl halides is 4. The van der Waals surface area contributed by atoms with E-state index in [1.54, 1.807) is 4.90 Å². The number of hydrogen-bond donors (Lipinski definition) is 0. The maximum Gasteiger partial charge on any atom is 0.501 e. The molecule has 0 saturated carbocycles. The zero-order valence-electron chi connectivity index (χ0n) is 10.4. The fourth-order valence-electron chi connectivity index (χ4n) is 2.16. The number of anilines is 1. The van der Waals surface area contributed by atoms with E-state index in [9.17, 15) is 21.6 Å². The normalized spacial score (nSPS) is 18.3. The largest absolute Gasteiger partial charge is 0.501 e. The van der Waals surface area contributed by atoms with Gasteiger partial charge in [0.25, 0.3) is 9.84 Å². The molecule has 2 rings (SSSR count). The average Bonchev–Trinajstić information content (AvgIpc) is 2.38. The summed E-state index contributed by atoms with van der Waals surface area (Å²) in [5, 5.41) is -0.0161. The number of nitrogens with zero attached hydrogens (tertiary/aromatic N) is 1. The molecule has 0 aromatic heterocycles. The fraction of sp³-hybridized carbons (Fsp3) is 0.500. The van der Waals surface area contributed by atoms with Gasteiger partial charge in [0.15, 0.2) is 0 Å². The Balaban J connectivity index is 2.42. The van der Waals surface area contributed by atoms with Crippen molar-refractivity contribution in [1.29, 1.82) is 0 Å². The lowest BCUT2D eigenvalue weighted by molar-refractivity contribution is -0.0435. The second-order valence-corrected chi connectivity index (χ2v) is 7.11. The number of sulfone groups is 1. The van der Waals surface area contributed by atoms with Crippen LogP contribution in [-0.4, -0.2) is 32.4 Å². The Morgan fingerprint density at radius 2 is 1.70 bits per heavy atom. The molecule has 20 heavy (non-hydrogen) atoms. The van der Waals surface area contributed by atoms with Crippen LogP contribution in [0.1, 0.15) is 12.8 Å². The quantitative estimate of drug-likeness (QED) is 0.783. The number of para-hydroxylation sites is 1. The molecule has 0 unspecified atom stereocenters. The van der Waals surface area contributed by atoms with Crippen molar-refractivity contribution in [2.24, 2.45) is 0 Å². The van der Waals surface area contributed by atoms with Crippen LogP contribution in [0, 0.1) is 0 Å². The van der Waals surface area contributed by atoms with Crippen LogP contribution in [0.2, 0.25) is 0 Å². The minimum absolute atomic E-state index is 0.0161. The summed E-state index contributed by atoms with van der Waals surface area (Å²) < 4.78 is 61.3. The van der Waals surface area contributed by atoms with E-state index in [0.717, 1.165) is 6.07 Å². The first-order valence-corrected chi connectivity index (χ1v) is 7.95. The molecule has 0 spiro atoms. The predicted molar refractivity (Wildman–Crippen MR) is 70.8 cm³/mol. The highest BCUT2D eigenvalue weighted by atomic mass is 35.5. The van der Waals surface area contributed by atoms with Crippen molar-refractivity contribution in [3.05, 3.63) is 24.3 Å². The third-order valence-corrected chi connectivity index (χ3v) is 5.19. The Hall–Kier alpha value is -0.950. The molecule has 0 N–H and O–H groups in total. The van der Waals surface area contributed by atoms with Crippen LogP contribution >= 0.6 is 11.6 Å². The van der Waals surface area contributed by atoms with Crippen molar-refractivity contribution in [1.82, 2.24) is 0 Å². The van der Waals surface area contributed by atoms with Gasteiger partial charge in [-0.05, 0) is 25.0 Å². The Morgan fingerprint density at radius 1 is 1.15 bits per heavy atom. The minimum atomic E-state index is -5.34. The van der Waals surface area contributed by atoms with Crippen LogP contribution < -0.4 is 4.90 Å². The standard InChI is InChI=1S/C12H13ClF3NO2S/c13-9-5-7-17(8-6-9)10-3-1-2-4-11(10)20(18,19)12(14,15)16/h1-4,9H,5-8H2. The summed E-state index contributed by atoms with van der Waals surface area (Å²) in [6, 6.07) is 5.20. The molecule has 0 atom stereocenters. The summed E-state index contributed by atoms with van der Waals surface area (Å²) in [6.07, 6.45) is 1.23. The van der Waals surface area contributed by atoms with Gasteiger partial charge in [0, 0.05) is 18.5 Å². The predicted octanol–water partition coefficient (Wildman–Crippen LogP) is 3.19. The van der Waals surface area contributed by atoms with Crippen molar-refractivity contribution < 1.29 is 21.6 Å². The SMILES string of the molecule is O=S(=O)(c1ccccc1N1CCC(Cl)CC1)C(F)(F)F. The highest BCUT2D eigenvalue weighted by Crippen LogP contribution is 2.36. The van der Waals surface area contributed by atoms with Gasteiger partial charge in [-0.2, -0.15) is 13.2 Å². The van der Waals surface area contributed by atoms with Crippen LogP contribution in [0.15, 0.2) is 29.2 Å². The lowest BCUT2D eigenvalue weighted by Gasteiger charge is -2.32. The lowest BCUT2D eigenvalue weighted by Crippen LogP contribution is -2.35. The molecule has 0 radical (unpaired) electrons. The van der Waals surface area contributed by atoms with Gasteiger partial charge >= 0.3 is 5.51 Å². The summed E-state index contributed by atoms with van der Waals surface area (Å²) in [6.45, 7) is 0.886. The third-order valence-electron chi connectivity index (χ3n) is 3.22. The van der Waals surface area contributed by atoms with Crippen molar-refractivity contribution >= 4 is 27.1 Å². The number of halogens is 4. The van der Waals surface area contributed by atoms with E-state index in [1.807, 2.05) is 0 Å². The fourth-order valence-corrected chi connectivity index (χ4v) is 3.33. The van der Waals surface area contributed by atoms with E-state index < -0.39 is 20.2 Å². The van der Waals surface area contributed by atoms with E-state index in [2.05, 4.69) is 0 Å². The molecular weight excluding hydrogens is 315 g/mol. The summed E-state index contributed by atoms with van der Waals surface area (Å²) in [7, 11) is -5.34. The zero-order valence-corrected chi connectivity index (χ0v) is 12.0. The zero-order chi connectivity index (χ0) is 15.0. The van der Waals surface area contributed by atoms with Crippen LogP contribution in [0.25, 0.3) is 0 Å². The second kappa shape index (κ2) is 5.44. The number of hydrogen-bond acceptors (Lipinski definition) is 3. The molecule has 1 saturated heterocycles. The van der Waals surface area contributed by atoms with E-state index >= 15 is 0 Å². The van der Waals surface area contributed by atoms with E-state index in [1.165, 1.54) is 18.2 Å². The average molecular weight is 328 g/mol. The van der Waals surface area contributed by atoms with Gasteiger partial charge in [-0.3, -0.25) is 0 Å². The van der Waals surface area contributed by atoms with Crippen molar-refractivity contribution in [3.8, 4) is 0 Å². The first-order valence-electron chi connectivity index (χ1n) is 6.03. The first kappa shape index (κ1) is 15.4. The second-order valence-electron chi connectivity index (χ2n) is 4.58. The highest BCUT2D eigenvalue weighted by molar-refractivity contribution is 7.92. The molecule has 1 heterocycles. The van der Waals surface area contributed by atoms with Gasteiger partial charge in [0.1, 0.15) is 0 Å². The molecule has 1 aliphatic rings. The number of rotatable bonds is 2. The molecule has 1 aromatic carbocycles. The van der Waals surface area contributed by atoms with Crippen LogP contribution in [0.5, 0.6) is 0 Å². The molecule has 0 bridgehead atoms. The van der Waals surface area contributed by atoms with E-state index in [0.29, 0.717) is 25.9 Å².